The maximum Gasteiger partial charge on any atom is 0.401 e. The molecule has 3 N–H and O–H groups in total. The molecule has 2 aromatic rings. The van der Waals surface area contributed by atoms with Crippen molar-refractivity contribution in [1.82, 2.24) is 9.97 Å². The number of imidazole rings is 1. The van der Waals surface area contributed by atoms with Gasteiger partial charge in [-0.05, 0) is 37.6 Å². The predicted molar refractivity (Wildman–Crippen MR) is 70.2 cm³/mol. The van der Waals surface area contributed by atoms with Crippen LogP contribution in [0, 0.1) is 6.92 Å². The van der Waals surface area contributed by atoms with Gasteiger partial charge < -0.3 is 10.7 Å². The molecule has 0 radical (unpaired) electrons. The van der Waals surface area contributed by atoms with Gasteiger partial charge >= 0.3 is 6.18 Å². The van der Waals surface area contributed by atoms with E-state index in [2.05, 4.69) is 9.97 Å². The number of benzene rings is 1. The van der Waals surface area contributed by atoms with E-state index in [9.17, 15) is 13.2 Å². The summed E-state index contributed by atoms with van der Waals surface area (Å²) in [5.41, 5.74) is 7.68. The number of rotatable bonds is 4. The smallest absolute Gasteiger partial charge is 0.333 e. The maximum absolute atomic E-state index is 12.8. The van der Waals surface area contributed by atoms with Crippen LogP contribution in [0.4, 0.5) is 13.2 Å². The molecule has 104 valence electrons. The first-order valence-electron chi connectivity index (χ1n) is 5.80. The first-order chi connectivity index (χ1) is 8.90. The number of fused-ring (bicyclic) bond motifs is 1. The van der Waals surface area contributed by atoms with Crippen molar-refractivity contribution in [2.75, 3.05) is 6.54 Å². The van der Waals surface area contributed by atoms with Gasteiger partial charge in [0.05, 0.1) is 11.0 Å². The molecule has 2 rings (SSSR count). The number of hydrogen-bond donors (Lipinski definition) is 2. The first-order valence-corrected chi connectivity index (χ1v) is 6.68. The van der Waals surface area contributed by atoms with Gasteiger partial charge in [0.25, 0.3) is 0 Å². The van der Waals surface area contributed by atoms with Crippen LogP contribution in [0.2, 0.25) is 0 Å². The molecule has 1 unspecified atom stereocenters. The highest BCUT2D eigenvalue weighted by Crippen LogP contribution is 2.36. The number of aromatic amines is 1. The molecule has 1 atom stereocenters. The molecule has 0 amide bonds. The molecule has 0 aliphatic carbocycles. The summed E-state index contributed by atoms with van der Waals surface area (Å²) in [4.78, 5) is 7.06. The van der Waals surface area contributed by atoms with E-state index in [4.69, 9.17) is 5.73 Å². The van der Waals surface area contributed by atoms with Crippen LogP contribution in [-0.2, 0) is 0 Å². The number of alkyl halides is 3. The van der Waals surface area contributed by atoms with Gasteiger partial charge in [0.2, 0.25) is 0 Å². The Morgan fingerprint density at radius 2 is 2.16 bits per heavy atom. The molecule has 3 nitrogen and oxygen atoms in total. The summed E-state index contributed by atoms with van der Waals surface area (Å²) in [6, 6.07) is 5.52. The van der Waals surface area contributed by atoms with Crippen molar-refractivity contribution in [2.45, 2.75) is 29.9 Å². The summed E-state index contributed by atoms with van der Waals surface area (Å²) >= 11 is 0.680. The minimum Gasteiger partial charge on any atom is -0.333 e. The molecule has 0 saturated heterocycles. The number of nitrogens with zero attached hydrogens (tertiary/aromatic N) is 1. The van der Waals surface area contributed by atoms with E-state index in [0.29, 0.717) is 17.3 Å². The van der Waals surface area contributed by atoms with Crippen molar-refractivity contribution in [3.63, 3.8) is 0 Å². The third-order valence-electron chi connectivity index (χ3n) is 2.66. The van der Waals surface area contributed by atoms with Gasteiger partial charge in [-0.15, -0.1) is 0 Å². The molecule has 19 heavy (non-hydrogen) atoms. The van der Waals surface area contributed by atoms with E-state index in [0.717, 1.165) is 11.1 Å². The van der Waals surface area contributed by atoms with Crippen LogP contribution >= 0.6 is 11.8 Å². The topological polar surface area (TPSA) is 54.7 Å². The number of aromatic nitrogens is 2. The van der Waals surface area contributed by atoms with Crippen LogP contribution in [0.25, 0.3) is 11.0 Å². The number of aryl methyl sites for hydroxylation is 1. The third-order valence-corrected chi connectivity index (χ3v) is 3.87. The summed E-state index contributed by atoms with van der Waals surface area (Å²) in [7, 11) is 0. The second-order valence-electron chi connectivity index (χ2n) is 4.29. The third kappa shape index (κ3) is 3.42. The molecule has 0 aliphatic heterocycles. The lowest BCUT2D eigenvalue weighted by atomic mass is 10.2. The Bertz CT molecular complexity index is 565. The number of hydrogen-bond acceptors (Lipinski definition) is 3. The van der Waals surface area contributed by atoms with Crippen LogP contribution in [0.5, 0.6) is 0 Å². The molecular formula is C12H14F3N3S. The van der Waals surface area contributed by atoms with E-state index >= 15 is 0 Å². The van der Waals surface area contributed by atoms with Crippen molar-refractivity contribution in [2.24, 2.45) is 5.73 Å². The van der Waals surface area contributed by atoms with Crippen LogP contribution in [0.1, 0.15) is 12.0 Å². The molecule has 1 aromatic heterocycles. The summed E-state index contributed by atoms with van der Waals surface area (Å²) in [6.45, 7) is 1.91. The number of nitrogens with one attached hydrogen (secondary N) is 1. The molecule has 0 saturated carbocycles. The van der Waals surface area contributed by atoms with Gasteiger partial charge in [-0.3, -0.25) is 0 Å². The zero-order chi connectivity index (χ0) is 14.0. The SMILES string of the molecule is Cc1ccc2nc(SC(CCN)C(F)(F)F)[nH]c2c1. The monoisotopic (exact) mass is 289 g/mol. The van der Waals surface area contributed by atoms with Gasteiger partial charge in [-0.2, -0.15) is 13.2 Å². The van der Waals surface area contributed by atoms with Crippen molar-refractivity contribution < 1.29 is 13.2 Å². The van der Waals surface area contributed by atoms with Gasteiger partial charge in [-0.25, -0.2) is 4.98 Å². The van der Waals surface area contributed by atoms with Crippen molar-refractivity contribution >= 4 is 22.8 Å². The minimum atomic E-state index is -4.28. The first kappa shape index (κ1) is 14.2. The Hall–Kier alpha value is -1.21. The lowest BCUT2D eigenvalue weighted by Crippen LogP contribution is -2.28. The van der Waals surface area contributed by atoms with E-state index in [1.807, 2.05) is 19.1 Å². The summed E-state index contributed by atoms with van der Waals surface area (Å²) in [5.74, 6) is 0. The highest BCUT2D eigenvalue weighted by molar-refractivity contribution is 7.99. The molecule has 0 spiro atoms. The largest absolute Gasteiger partial charge is 0.401 e. The molecule has 1 aromatic carbocycles. The van der Waals surface area contributed by atoms with Crippen LogP contribution in [0.15, 0.2) is 23.4 Å². The lowest BCUT2D eigenvalue weighted by molar-refractivity contribution is -0.129. The fourth-order valence-electron chi connectivity index (χ4n) is 1.73. The van der Waals surface area contributed by atoms with Crippen molar-refractivity contribution in [3.8, 4) is 0 Å². The molecule has 7 heteroatoms. The van der Waals surface area contributed by atoms with E-state index in [1.54, 1.807) is 6.07 Å². The number of H-pyrrole nitrogens is 1. The van der Waals surface area contributed by atoms with Crippen LogP contribution < -0.4 is 5.73 Å². The number of thioether (sulfide) groups is 1. The fourth-order valence-corrected chi connectivity index (χ4v) is 2.71. The number of nitrogens with two attached hydrogens (primary N) is 1. The fraction of sp³-hybridized carbons (Fsp3) is 0.417. The Balaban J connectivity index is 2.24. The molecular weight excluding hydrogens is 275 g/mol. The minimum absolute atomic E-state index is 0.00346. The Kier molecular flexibility index (Phi) is 4.05. The van der Waals surface area contributed by atoms with Crippen LogP contribution in [-0.4, -0.2) is 27.9 Å². The summed E-state index contributed by atoms with van der Waals surface area (Å²) in [6.07, 6.45) is -4.40. The van der Waals surface area contributed by atoms with Gasteiger partial charge in [-0.1, -0.05) is 17.8 Å². The van der Waals surface area contributed by atoms with Crippen molar-refractivity contribution in [1.29, 1.82) is 0 Å². The Labute approximate surface area is 112 Å². The van der Waals surface area contributed by atoms with E-state index < -0.39 is 11.4 Å². The quantitative estimate of drug-likeness (QED) is 0.850. The Morgan fingerprint density at radius 1 is 1.42 bits per heavy atom. The zero-order valence-corrected chi connectivity index (χ0v) is 11.1. The molecule has 0 bridgehead atoms. The van der Waals surface area contributed by atoms with E-state index in [-0.39, 0.29) is 18.1 Å². The highest BCUT2D eigenvalue weighted by atomic mass is 32.2. The molecule has 0 fully saturated rings. The maximum atomic E-state index is 12.8. The number of halogens is 3. The standard InChI is InChI=1S/C12H14F3N3S/c1-7-2-3-8-9(6-7)18-11(17-8)19-10(4-5-16)12(13,14)15/h2-3,6,10H,4-5,16H2,1H3,(H,17,18). The van der Waals surface area contributed by atoms with Crippen molar-refractivity contribution in [3.05, 3.63) is 23.8 Å². The van der Waals surface area contributed by atoms with Gasteiger partial charge in [0.1, 0.15) is 5.25 Å². The lowest BCUT2D eigenvalue weighted by Gasteiger charge is -2.17. The second-order valence-corrected chi connectivity index (χ2v) is 5.48. The molecule has 1 heterocycles. The van der Waals surface area contributed by atoms with E-state index in [1.165, 1.54) is 0 Å². The average Bonchev–Trinajstić information content (AvgIpc) is 2.68. The van der Waals surface area contributed by atoms with Gasteiger partial charge in [0.15, 0.2) is 5.16 Å². The normalized spacial score (nSPS) is 13.9. The van der Waals surface area contributed by atoms with Crippen LogP contribution in [0.3, 0.4) is 0 Å². The van der Waals surface area contributed by atoms with Gasteiger partial charge in [0, 0.05) is 0 Å². The average molecular weight is 289 g/mol. The Morgan fingerprint density at radius 3 is 2.79 bits per heavy atom. The second kappa shape index (κ2) is 5.42. The predicted octanol–water partition coefficient (Wildman–Crippen LogP) is 3.24. The molecule has 0 aliphatic rings. The summed E-state index contributed by atoms with van der Waals surface area (Å²) < 4.78 is 38.4. The summed E-state index contributed by atoms with van der Waals surface area (Å²) in [5, 5.41) is -1.25. The highest BCUT2D eigenvalue weighted by Gasteiger charge is 2.40. The zero-order valence-electron chi connectivity index (χ0n) is 10.3.